The lowest BCUT2D eigenvalue weighted by molar-refractivity contribution is 0.117. The van der Waals surface area contributed by atoms with Gasteiger partial charge in [0.15, 0.2) is 0 Å². The predicted octanol–water partition coefficient (Wildman–Crippen LogP) is 5.28. The van der Waals surface area contributed by atoms with E-state index in [1.54, 1.807) is 91.9 Å². The van der Waals surface area contributed by atoms with Crippen LogP contribution in [0.15, 0.2) is 89.9 Å². The molecule has 0 N–H and O–H groups in total. The van der Waals surface area contributed by atoms with E-state index in [2.05, 4.69) is 4.99 Å². The number of rotatable bonds is 6. The minimum absolute atomic E-state index is 0.0688. The number of benzene rings is 3. The van der Waals surface area contributed by atoms with Gasteiger partial charge in [0.1, 0.15) is 11.5 Å². The van der Waals surface area contributed by atoms with Crippen molar-refractivity contribution in [1.82, 2.24) is 4.90 Å². The number of carbonyl (C=O) groups is 2. The molecule has 31 heavy (non-hydrogen) atoms. The van der Waals surface area contributed by atoms with E-state index >= 15 is 0 Å². The summed E-state index contributed by atoms with van der Waals surface area (Å²) in [6.45, 7) is 1.74. The van der Waals surface area contributed by atoms with Gasteiger partial charge in [-0.25, -0.2) is 24.3 Å². The van der Waals surface area contributed by atoms with Crippen molar-refractivity contribution in [3.05, 3.63) is 96.1 Å². The lowest BCUT2D eigenvalue weighted by atomic mass is 10.0. The highest BCUT2D eigenvalue weighted by molar-refractivity contribution is 5.90. The molecule has 3 rings (SSSR count). The molecule has 0 heterocycles. The molecule has 0 aromatic heterocycles. The SMILES string of the molecule is CC(c1ccccc1CN=C=O)N(C(=O)Oc1ccccc1)C(=O)Oc1ccccc1. The van der Waals surface area contributed by atoms with Crippen LogP contribution < -0.4 is 9.47 Å². The van der Waals surface area contributed by atoms with Crippen molar-refractivity contribution in [3.63, 3.8) is 0 Å². The highest BCUT2D eigenvalue weighted by atomic mass is 16.6. The Morgan fingerprint density at radius 3 is 1.84 bits per heavy atom. The number of nitrogens with zero attached hydrogens (tertiary/aromatic N) is 2. The molecule has 156 valence electrons. The van der Waals surface area contributed by atoms with Crippen LogP contribution in [-0.4, -0.2) is 23.2 Å². The number of hydrogen-bond donors (Lipinski definition) is 0. The first-order valence-electron chi connectivity index (χ1n) is 9.54. The zero-order chi connectivity index (χ0) is 22.1. The Labute approximate surface area is 179 Å². The van der Waals surface area contributed by atoms with E-state index in [0.717, 1.165) is 4.90 Å². The first-order chi connectivity index (χ1) is 15.1. The fourth-order valence-corrected chi connectivity index (χ4v) is 3.01. The van der Waals surface area contributed by atoms with Crippen LogP contribution in [0.25, 0.3) is 0 Å². The Morgan fingerprint density at radius 1 is 0.839 bits per heavy atom. The molecule has 0 saturated carbocycles. The molecular weight excluding hydrogens is 396 g/mol. The molecule has 0 bridgehead atoms. The normalized spacial score (nSPS) is 11.0. The highest BCUT2D eigenvalue weighted by Gasteiger charge is 2.33. The Bertz CT molecular complexity index is 1030. The standard InChI is InChI=1S/C24H20N2O5/c1-18(22-15-9-8-10-19(22)16-25-17-27)26(23(28)30-20-11-4-2-5-12-20)24(29)31-21-13-6-3-7-14-21/h2-15,18H,16H2,1H3. The predicted molar refractivity (Wildman–Crippen MR) is 113 cm³/mol. The van der Waals surface area contributed by atoms with Crippen molar-refractivity contribution in [2.24, 2.45) is 4.99 Å². The lowest BCUT2D eigenvalue weighted by Gasteiger charge is -2.27. The van der Waals surface area contributed by atoms with Gasteiger partial charge >= 0.3 is 12.2 Å². The van der Waals surface area contributed by atoms with Gasteiger partial charge in [-0.3, -0.25) is 0 Å². The number of amides is 2. The van der Waals surface area contributed by atoms with Gasteiger partial charge in [-0.1, -0.05) is 60.7 Å². The van der Waals surface area contributed by atoms with Gasteiger partial charge in [0.25, 0.3) is 0 Å². The molecule has 3 aromatic carbocycles. The third kappa shape index (κ3) is 5.65. The van der Waals surface area contributed by atoms with E-state index in [0.29, 0.717) is 11.1 Å². The molecule has 0 radical (unpaired) electrons. The number of imide groups is 1. The molecule has 3 aromatic rings. The molecule has 7 heteroatoms. The monoisotopic (exact) mass is 416 g/mol. The fourth-order valence-electron chi connectivity index (χ4n) is 3.01. The zero-order valence-electron chi connectivity index (χ0n) is 16.8. The van der Waals surface area contributed by atoms with Gasteiger partial charge in [-0.2, -0.15) is 0 Å². The summed E-state index contributed by atoms with van der Waals surface area (Å²) in [6, 6.07) is 23.1. The van der Waals surface area contributed by atoms with Crippen LogP contribution in [0.5, 0.6) is 11.5 Å². The second kappa shape index (κ2) is 10.5. The maximum atomic E-state index is 13.0. The summed E-state index contributed by atoms with van der Waals surface area (Å²) in [6.07, 6.45) is -0.290. The van der Waals surface area contributed by atoms with E-state index in [9.17, 15) is 14.4 Å². The Hall–Kier alpha value is -4.22. The average molecular weight is 416 g/mol. The van der Waals surface area contributed by atoms with Gasteiger partial charge in [0, 0.05) is 0 Å². The number of para-hydroxylation sites is 2. The van der Waals surface area contributed by atoms with Crippen LogP contribution in [0.3, 0.4) is 0 Å². The second-order valence-electron chi connectivity index (χ2n) is 6.51. The summed E-state index contributed by atoms with van der Waals surface area (Å²) >= 11 is 0. The van der Waals surface area contributed by atoms with Crippen LogP contribution in [0.1, 0.15) is 24.1 Å². The largest absolute Gasteiger partial charge is 0.425 e. The van der Waals surface area contributed by atoms with E-state index in [1.807, 2.05) is 0 Å². The first-order valence-corrected chi connectivity index (χ1v) is 9.54. The van der Waals surface area contributed by atoms with Crippen molar-refractivity contribution in [3.8, 4) is 11.5 Å². The molecule has 0 aliphatic carbocycles. The van der Waals surface area contributed by atoms with Crippen LogP contribution in [-0.2, 0) is 11.3 Å². The second-order valence-corrected chi connectivity index (χ2v) is 6.51. The third-order valence-corrected chi connectivity index (χ3v) is 4.50. The summed E-state index contributed by atoms with van der Waals surface area (Å²) in [5.41, 5.74) is 1.29. The molecule has 0 aliphatic heterocycles. The first kappa shape index (κ1) is 21.5. The van der Waals surface area contributed by atoms with Crippen molar-refractivity contribution < 1.29 is 23.9 Å². The minimum Gasteiger partial charge on any atom is -0.410 e. The quantitative estimate of drug-likeness (QED) is 0.403. The summed E-state index contributed by atoms with van der Waals surface area (Å²) in [5.74, 6) is 0.576. The van der Waals surface area contributed by atoms with Crippen molar-refractivity contribution in [2.75, 3.05) is 0 Å². The number of aliphatic imine (C=N–C) groups is 1. The third-order valence-electron chi connectivity index (χ3n) is 4.50. The molecular formula is C24H20N2O5. The summed E-state index contributed by atoms with van der Waals surface area (Å²) in [5, 5.41) is 0. The maximum absolute atomic E-state index is 13.0. The summed E-state index contributed by atoms with van der Waals surface area (Å²) < 4.78 is 10.8. The van der Waals surface area contributed by atoms with E-state index < -0.39 is 18.2 Å². The topological polar surface area (TPSA) is 85.3 Å². The molecule has 0 fully saturated rings. The highest BCUT2D eigenvalue weighted by Crippen LogP contribution is 2.27. The van der Waals surface area contributed by atoms with Crippen molar-refractivity contribution >= 4 is 18.3 Å². The molecule has 1 unspecified atom stereocenters. The number of carbonyl (C=O) groups excluding carboxylic acids is 3. The summed E-state index contributed by atoms with van der Waals surface area (Å²) in [4.78, 5) is 41.1. The molecule has 1 atom stereocenters. The molecule has 7 nitrogen and oxygen atoms in total. The van der Waals surface area contributed by atoms with Gasteiger partial charge in [-0.05, 0) is 42.3 Å². The Kier molecular flexibility index (Phi) is 7.30. The molecule has 0 saturated heterocycles. The zero-order valence-corrected chi connectivity index (χ0v) is 16.8. The van der Waals surface area contributed by atoms with E-state index in [4.69, 9.17) is 9.47 Å². The van der Waals surface area contributed by atoms with Gasteiger partial charge < -0.3 is 9.47 Å². The fraction of sp³-hybridized carbons (Fsp3) is 0.125. The minimum atomic E-state index is -0.895. The number of isocyanates is 1. The van der Waals surface area contributed by atoms with Crippen LogP contribution >= 0.6 is 0 Å². The van der Waals surface area contributed by atoms with Crippen molar-refractivity contribution in [1.29, 1.82) is 0 Å². The van der Waals surface area contributed by atoms with E-state index in [-0.39, 0.29) is 18.0 Å². The number of hydrogen-bond acceptors (Lipinski definition) is 6. The molecule has 2 amide bonds. The van der Waals surface area contributed by atoms with E-state index in [1.165, 1.54) is 6.08 Å². The number of ether oxygens (including phenoxy) is 2. The Morgan fingerprint density at radius 2 is 1.32 bits per heavy atom. The average Bonchev–Trinajstić information content (AvgIpc) is 2.79. The van der Waals surface area contributed by atoms with Crippen LogP contribution in [0.4, 0.5) is 9.59 Å². The molecule has 0 aliphatic rings. The van der Waals surface area contributed by atoms with Crippen LogP contribution in [0.2, 0.25) is 0 Å². The molecule has 0 spiro atoms. The maximum Gasteiger partial charge on any atom is 0.425 e. The Balaban J connectivity index is 1.93. The summed E-state index contributed by atoms with van der Waals surface area (Å²) in [7, 11) is 0. The lowest BCUT2D eigenvalue weighted by Crippen LogP contribution is -2.42. The van der Waals surface area contributed by atoms with Gasteiger partial charge in [0.05, 0.1) is 12.6 Å². The smallest absolute Gasteiger partial charge is 0.410 e. The van der Waals surface area contributed by atoms with Crippen molar-refractivity contribution in [2.45, 2.75) is 19.5 Å². The van der Waals surface area contributed by atoms with Gasteiger partial charge in [-0.15, -0.1) is 0 Å². The van der Waals surface area contributed by atoms with Crippen LogP contribution in [0, 0.1) is 0 Å². The van der Waals surface area contributed by atoms with Gasteiger partial charge in [0.2, 0.25) is 6.08 Å².